The molecule has 0 spiro atoms. The Bertz CT molecular complexity index is 613. The molecule has 1 saturated heterocycles. The number of aryl methyl sites for hydroxylation is 1. The number of hydrogen-bond donors (Lipinski definition) is 1. The van der Waals surface area contributed by atoms with Gasteiger partial charge in [0.15, 0.2) is 0 Å². The first-order valence-corrected chi connectivity index (χ1v) is 7.47. The van der Waals surface area contributed by atoms with Gasteiger partial charge in [0.2, 0.25) is 0 Å². The van der Waals surface area contributed by atoms with Crippen molar-refractivity contribution in [3.8, 4) is 6.07 Å². The van der Waals surface area contributed by atoms with Gasteiger partial charge >= 0.3 is 0 Å². The Hall–Kier alpha value is -2.22. The SMILES string of the molecule is CCc1cnn(C2(CC#N)CN(C3=CC=CNC3C)C2)c1. The summed E-state index contributed by atoms with van der Waals surface area (Å²) >= 11 is 0. The molecule has 0 saturated carbocycles. The Morgan fingerprint density at radius 3 is 2.95 bits per heavy atom. The molecular weight excluding hydrogens is 262 g/mol. The summed E-state index contributed by atoms with van der Waals surface area (Å²) in [6, 6.07) is 2.65. The molecule has 1 unspecified atom stereocenters. The summed E-state index contributed by atoms with van der Waals surface area (Å²) in [6.07, 6.45) is 11.6. The van der Waals surface area contributed by atoms with Crippen molar-refractivity contribution in [1.29, 1.82) is 5.26 Å². The Kier molecular flexibility index (Phi) is 3.46. The summed E-state index contributed by atoms with van der Waals surface area (Å²) in [7, 11) is 0. The molecule has 1 atom stereocenters. The maximum absolute atomic E-state index is 9.19. The minimum atomic E-state index is -0.177. The van der Waals surface area contributed by atoms with E-state index in [9.17, 15) is 5.26 Å². The lowest BCUT2D eigenvalue weighted by atomic mass is 9.85. The summed E-state index contributed by atoms with van der Waals surface area (Å²) < 4.78 is 2.00. The average Bonchev–Trinajstić information content (AvgIpc) is 2.93. The minimum absolute atomic E-state index is 0.177. The Morgan fingerprint density at radius 1 is 1.52 bits per heavy atom. The lowest BCUT2D eigenvalue weighted by Gasteiger charge is -2.52. The van der Waals surface area contributed by atoms with Crippen LogP contribution in [0.15, 0.2) is 36.4 Å². The largest absolute Gasteiger partial charge is 0.383 e. The molecule has 0 bridgehead atoms. The van der Waals surface area contributed by atoms with Gasteiger partial charge < -0.3 is 10.2 Å². The fourth-order valence-electron chi connectivity index (χ4n) is 3.09. The number of dihydropyridines is 1. The van der Waals surface area contributed by atoms with Crippen LogP contribution < -0.4 is 5.32 Å². The van der Waals surface area contributed by atoms with Gasteiger partial charge in [0.1, 0.15) is 5.54 Å². The average molecular weight is 283 g/mol. The summed E-state index contributed by atoms with van der Waals surface area (Å²) in [6.45, 7) is 5.97. The molecule has 3 heterocycles. The van der Waals surface area contributed by atoms with Gasteiger partial charge in [-0.15, -0.1) is 0 Å². The van der Waals surface area contributed by atoms with Crippen molar-refractivity contribution in [1.82, 2.24) is 20.0 Å². The van der Waals surface area contributed by atoms with E-state index in [4.69, 9.17) is 0 Å². The van der Waals surface area contributed by atoms with Crippen LogP contribution in [0.5, 0.6) is 0 Å². The molecule has 21 heavy (non-hydrogen) atoms. The number of aromatic nitrogens is 2. The zero-order valence-corrected chi connectivity index (χ0v) is 12.6. The monoisotopic (exact) mass is 283 g/mol. The van der Waals surface area contributed by atoms with Crippen LogP contribution in [-0.2, 0) is 12.0 Å². The van der Waals surface area contributed by atoms with Crippen molar-refractivity contribution >= 4 is 0 Å². The third-order valence-corrected chi connectivity index (χ3v) is 4.43. The smallest absolute Gasteiger partial charge is 0.110 e. The normalized spacial score (nSPS) is 23.0. The third-order valence-electron chi connectivity index (χ3n) is 4.43. The molecule has 2 aliphatic rings. The second-order valence-corrected chi connectivity index (χ2v) is 5.90. The first-order chi connectivity index (χ1) is 10.2. The Morgan fingerprint density at radius 2 is 2.33 bits per heavy atom. The highest BCUT2D eigenvalue weighted by atomic mass is 15.4. The van der Waals surface area contributed by atoms with E-state index in [1.54, 1.807) is 0 Å². The van der Waals surface area contributed by atoms with Gasteiger partial charge in [-0.2, -0.15) is 10.4 Å². The molecule has 5 heteroatoms. The van der Waals surface area contributed by atoms with Crippen LogP contribution in [0.1, 0.15) is 25.8 Å². The number of nitriles is 1. The molecule has 1 aromatic heterocycles. The van der Waals surface area contributed by atoms with Gasteiger partial charge in [0.05, 0.1) is 24.7 Å². The van der Waals surface area contributed by atoms with Crippen LogP contribution >= 0.6 is 0 Å². The highest BCUT2D eigenvalue weighted by Gasteiger charge is 2.46. The predicted molar refractivity (Wildman–Crippen MR) is 81.2 cm³/mol. The van der Waals surface area contributed by atoms with Gasteiger partial charge in [-0.25, -0.2) is 0 Å². The van der Waals surface area contributed by atoms with E-state index < -0.39 is 0 Å². The van der Waals surface area contributed by atoms with Crippen molar-refractivity contribution < 1.29 is 0 Å². The van der Waals surface area contributed by atoms with E-state index >= 15 is 0 Å². The second kappa shape index (κ2) is 5.28. The predicted octanol–water partition coefficient (Wildman–Crippen LogP) is 1.76. The highest BCUT2D eigenvalue weighted by Crippen LogP contribution is 2.36. The van der Waals surface area contributed by atoms with Crippen LogP contribution in [0.3, 0.4) is 0 Å². The van der Waals surface area contributed by atoms with Gasteiger partial charge in [0, 0.05) is 25.0 Å². The van der Waals surface area contributed by atoms with Crippen LogP contribution in [0, 0.1) is 11.3 Å². The zero-order chi connectivity index (χ0) is 14.9. The number of nitrogens with one attached hydrogen (secondary N) is 1. The van der Waals surface area contributed by atoms with Crippen molar-refractivity contribution in [2.24, 2.45) is 0 Å². The molecule has 2 aliphatic heterocycles. The molecule has 1 fully saturated rings. The zero-order valence-electron chi connectivity index (χ0n) is 12.6. The lowest BCUT2D eigenvalue weighted by Crippen LogP contribution is -2.63. The number of likely N-dealkylation sites (tertiary alicyclic amines) is 1. The van der Waals surface area contributed by atoms with Gasteiger partial charge in [-0.1, -0.05) is 6.92 Å². The first kappa shape index (κ1) is 13.7. The lowest BCUT2D eigenvalue weighted by molar-refractivity contribution is 0.0274. The van der Waals surface area contributed by atoms with Crippen LogP contribution in [0.2, 0.25) is 0 Å². The van der Waals surface area contributed by atoms with Crippen molar-refractivity contribution in [3.05, 3.63) is 42.0 Å². The van der Waals surface area contributed by atoms with E-state index in [-0.39, 0.29) is 5.54 Å². The third kappa shape index (κ3) is 2.31. The van der Waals surface area contributed by atoms with E-state index in [1.165, 1.54) is 11.3 Å². The van der Waals surface area contributed by atoms with Gasteiger partial charge in [0.25, 0.3) is 0 Å². The first-order valence-electron chi connectivity index (χ1n) is 7.47. The molecule has 0 radical (unpaired) electrons. The number of rotatable bonds is 4. The van der Waals surface area contributed by atoms with E-state index in [0.29, 0.717) is 12.5 Å². The standard InChI is InChI=1S/C16H21N5/c1-3-14-9-19-21(10-14)16(6-7-17)11-20(12-16)15-5-4-8-18-13(15)2/h4-5,8-10,13,18H,3,6,11-12H2,1-2H3. The van der Waals surface area contributed by atoms with Crippen LogP contribution in [-0.4, -0.2) is 33.8 Å². The van der Waals surface area contributed by atoms with Crippen molar-refractivity contribution in [2.75, 3.05) is 13.1 Å². The highest BCUT2D eigenvalue weighted by molar-refractivity contribution is 5.25. The molecule has 0 aromatic carbocycles. The van der Waals surface area contributed by atoms with Gasteiger partial charge in [-0.05, 0) is 37.3 Å². The Labute approximate surface area is 125 Å². The topological polar surface area (TPSA) is 56.9 Å². The van der Waals surface area contributed by atoms with E-state index in [1.807, 2.05) is 23.2 Å². The molecule has 1 N–H and O–H groups in total. The summed E-state index contributed by atoms with van der Waals surface area (Å²) in [5.74, 6) is 0. The quantitative estimate of drug-likeness (QED) is 0.915. The number of hydrogen-bond acceptors (Lipinski definition) is 4. The maximum Gasteiger partial charge on any atom is 0.110 e. The minimum Gasteiger partial charge on any atom is -0.383 e. The summed E-state index contributed by atoms with van der Waals surface area (Å²) in [5, 5.41) is 17.0. The fraction of sp³-hybridized carbons (Fsp3) is 0.500. The molecule has 5 nitrogen and oxygen atoms in total. The molecule has 0 aliphatic carbocycles. The molecule has 1 aromatic rings. The molecule has 110 valence electrons. The number of allylic oxidation sites excluding steroid dienone is 2. The van der Waals surface area contributed by atoms with E-state index in [0.717, 1.165) is 19.5 Å². The molecular formula is C16H21N5. The van der Waals surface area contributed by atoms with E-state index in [2.05, 4.69) is 47.5 Å². The fourth-order valence-corrected chi connectivity index (χ4v) is 3.09. The summed E-state index contributed by atoms with van der Waals surface area (Å²) in [4.78, 5) is 2.34. The van der Waals surface area contributed by atoms with Gasteiger partial charge in [-0.3, -0.25) is 4.68 Å². The second-order valence-electron chi connectivity index (χ2n) is 5.90. The summed E-state index contributed by atoms with van der Waals surface area (Å²) in [5.41, 5.74) is 2.33. The molecule has 0 amide bonds. The van der Waals surface area contributed by atoms with Crippen molar-refractivity contribution in [2.45, 2.75) is 38.3 Å². The van der Waals surface area contributed by atoms with Crippen molar-refractivity contribution in [3.63, 3.8) is 0 Å². The maximum atomic E-state index is 9.19. The van der Waals surface area contributed by atoms with Crippen LogP contribution in [0.25, 0.3) is 0 Å². The Balaban J connectivity index is 1.79. The molecule has 3 rings (SSSR count). The number of nitrogens with zero attached hydrogens (tertiary/aromatic N) is 4. The van der Waals surface area contributed by atoms with Crippen LogP contribution in [0.4, 0.5) is 0 Å².